The molecule has 25 heavy (non-hydrogen) atoms. The number of ether oxygens (including phenoxy) is 1. The molecule has 1 heterocycles. The second kappa shape index (κ2) is 7.34. The molecule has 0 spiro atoms. The molecule has 1 N–H and O–H groups in total. The maximum atomic E-state index is 12.9. The molecule has 3 aromatic rings. The highest BCUT2D eigenvalue weighted by molar-refractivity contribution is 6.01. The second-order valence-electron chi connectivity index (χ2n) is 5.92. The molecular weight excluding hydrogens is 312 g/mol. The number of methoxy groups -OCH3 is 1. The molecule has 0 aliphatic carbocycles. The van der Waals surface area contributed by atoms with Crippen LogP contribution in [0.2, 0.25) is 0 Å². The van der Waals surface area contributed by atoms with Gasteiger partial charge in [0.2, 0.25) is 0 Å². The summed E-state index contributed by atoms with van der Waals surface area (Å²) in [4.78, 5) is 17.5. The fraction of sp³-hybridized carbons (Fsp3) is 0.238. The summed E-state index contributed by atoms with van der Waals surface area (Å²) in [5, 5.41) is 4.03. The van der Waals surface area contributed by atoms with Crippen molar-refractivity contribution in [2.24, 2.45) is 0 Å². The first kappa shape index (κ1) is 17.0. The highest BCUT2D eigenvalue weighted by atomic mass is 16.5. The number of pyridine rings is 1. The van der Waals surface area contributed by atoms with E-state index in [9.17, 15) is 4.79 Å². The Morgan fingerprint density at radius 1 is 1.12 bits per heavy atom. The number of benzene rings is 2. The van der Waals surface area contributed by atoms with Crippen molar-refractivity contribution in [2.45, 2.75) is 26.8 Å². The number of carbonyl (C=O) groups is 1. The van der Waals surface area contributed by atoms with Gasteiger partial charge in [-0.15, -0.1) is 0 Å². The van der Waals surface area contributed by atoms with Gasteiger partial charge in [0, 0.05) is 17.5 Å². The standard InChI is InChI=1S/C21H22N2O2/c1-4-17-20(14(2)16-10-6-7-11-18(16)23-17)21(24)22-13-15-9-5-8-12-19(15)25-3/h5-12H,4,13H2,1-3H3,(H,22,24). The number of rotatable bonds is 5. The van der Waals surface area contributed by atoms with E-state index in [1.807, 2.05) is 62.4 Å². The van der Waals surface area contributed by atoms with Gasteiger partial charge in [0.25, 0.3) is 5.91 Å². The van der Waals surface area contributed by atoms with E-state index in [2.05, 4.69) is 10.3 Å². The summed E-state index contributed by atoms with van der Waals surface area (Å²) < 4.78 is 5.35. The smallest absolute Gasteiger partial charge is 0.253 e. The van der Waals surface area contributed by atoms with Crippen molar-refractivity contribution in [1.82, 2.24) is 10.3 Å². The third-order valence-electron chi connectivity index (χ3n) is 4.42. The van der Waals surface area contributed by atoms with Crippen LogP contribution in [0.3, 0.4) is 0 Å². The van der Waals surface area contributed by atoms with E-state index in [0.717, 1.165) is 33.5 Å². The predicted octanol–water partition coefficient (Wildman–Crippen LogP) is 4.04. The minimum absolute atomic E-state index is 0.0986. The van der Waals surface area contributed by atoms with Gasteiger partial charge < -0.3 is 10.1 Å². The van der Waals surface area contributed by atoms with Crippen LogP contribution in [-0.4, -0.2) is 18.0 Å². The minimum atomic E-state index is -0.0986. The summed E-state index contributed by atoms with van der Waals surface area (Å²) >= 11 is 0. The van der Waals surface area contributed by atoms with Crippen LogP contribution in [-0.2, 0) is 13.0 Å². The van der Waals surface area contributed by atoms with Crippen LogP contribution in [0, 0.1) is 6.92 Å². The lowest BCUT2D eigenvalue weighted by Gasteiger charge is -2.15. The molecule has 0 aliphatic heterocycles. The summed E-state index contributed by atoms with van der Waals surface area (Å²) in [6, 6.07) is 15.6. The molecule has 0 aliphatic rings. The number of para-hydroxylation sites is 2. The monoisotopic (exact) mass is 334 g/mol. The molecule has 0 atom stereocenters. The van der Waals surface area contributed by atoms with Gasteiger partial charge in [-0.25, -0.2) is 0 Å². The fourth-order valence-electron chi connectivity index (χ4n) is 3.11. The highest BCUT2D eigenvalue weighted by Gasteiger charge is 2.17. The largest absolute Gasteiger partial charge is 0.496 e. The summed E-state index contributed by atoms with van der Waals surface area (Å²) in [7, 11) is 1.63. The molecule has 0 unspecified atom stereocenters. The van der Waals surface area contributed by atoms with Crippen LogP contribution < -0.4 is 10.1 Å². The van der Waals surface area contributed by atoms with Crippen LogP contribution in [0.15, 0.2) is 48.5 Å². The van der Waals surface area contributed by atoms with E-state index in [0.29, 0.717) is 18.5 Å². The van der Waals surface area contributed by atoms with Crippen molar-refractivity contribution in [3.63, 3.8) is 0 Å². The van der Waals surface area contributed by atoms with Gasteiger partial charge in [-0.2, -0.15) is 0 Å². The number of aryl methyl sites for hydroxylation is 2. The number of carbonyl (C=O) groups excluding carboxylic acids is 1. The minimum Gasteiger partial charge on any atom is -0.496 e. The first-order valence-electron chi connectivity index (χ1n) is 8.44. The van der Waals surface area contributed by atoms with E-state index in [1.54, 1.807) is 7.11 Å². The Bertz CT molecular complexity index is 919. The van der Waals surface area contributed by atoms with Gasteiger partial charge >= 0.3 is 0 Å². The molecule has 1 aromatic heterocycles. The number of aromatic nitrogens is 1. The van der Waals surface area contributed by atoms with Gasteiger partial charge in [0.1, 0.15) is 5.75 Å². The molecule has 4 nitrogen and oxygen atoms in total. The Kier molecular flexibility index (Phi) is 4.98. The van der Waals surface area contributed by atoms with Crippen molar-refractivity contribution in [2.75, 3.05) is 7.11 Å². The third-order valence-corrected chi connectivity index (χ3v) is 4.42. The summed E-state index contributed by atoms with van der Waals surface area (Å²) in [5.74, 6) is 0.672. The zero-order valence-corrected chi connectivity index (χ0v) is 14.8. The molecule has 1 amide bonds. The molecular formula is C21H22N2O2. The Labute approximate surface area is 147 Å². The van der Waals surface area contributed by atoms with Crippen molar-refractivity contribution in [3.8, 4) is 5.75 Å². The quantitative estimate of drug-likeness (QED) is 0.766. The van der Waals surface area contributed by atoms with Crippen molar-refractivity contribution in [1.29, 1.82) is 0 Å². The maximum Gasteiger partial charge on any atom is 0.253 e. The Morgan fingerprint density at radius 3 is 2.60 bits per heavy atom. The summed E-state index contributed by atoms with van der Waals surface area (Å²) in [5.41, 5.74) is 4.35. The first-order chi connectivity index (χ1) is 12.2. The topological polar surface area (TPSA) is 51.2 Å². The van der Waals surface area contributed by atoms with Crippen molar-refractivity contribution >= 4 is 16.8 Å². The lowest BCUT2D eigenvalue weighted by atomic mass is 9.99. The molecule has 0 fully saturated rings. The fourth-order valence-corrected chi connectivity index (χ4v) is 3.11. The van der Waals surface area contributed by atoms with Crippen molar-refractivity contribution in [3.05, 3.63) is 70.9 Å². The number of nitrogens with zero attached hydrogens (tertiary/aromatic N) is 1. The summed E-state index contributed by atoms with van der Waals surface area (Å²) in [6.07, 6.45) is 0.711. The van der Waals surface area contributed by atoms with Crippen LogP contribution >= 0.6 is 0 Å². The van der Waals surface area contributed by atoms with Crippen LogP contribution in [0.4, 0.5) is 0 Å². The zero-order valence-electron chi connectivity index (χ0n) is 14.8. The molecule has 0 saturated heterocycles. The lowest BCUT2D eigenvalue weighted by molar-refractivity contribution is 0.0949. The molecule has 128 valence electrons. The SMILES string of the molecule is CCc1nc2ccccc2c(C)c1C(=O)NCc1ccccc1OC. The average molecular weight is 334 g/mol. The predicted molar refractivity (Wildman–Crippen MR) is 100 cm³/mol. The molecule has 0 bridgehead atoms. The van der Waals surface area contributed by atoms with Crippen molar-refractivity contribution < 1.29 is 9.53 Å². The Balaban J connectivity index is 1.92. The number of fused-ring (bicyclic) bond motifs is 1. The number of hydrogen-bond acceptors (Lipinski definition) is 3. The molecule has 0 radical (unpaired) electrons. The van der Waals surface area contributed by atoms with Crippen LogP contribution in [0.5, 0.6) is 5.75 Å². The first-order valence-corrected chi connectivity index (χ1v) is 8.44. The van der Waals surface area contributed by atoms with E-state index in [-0.39, 0.29) is 5.91 Å². The van der Waals surface area contributed by atoms with Crippen LogP contribution in [0.1, 0.15) is 34.1 Å². The number of hydrogen-bond donors (Lipinski definition) is 1. The molecule has 2 aromatic carbocycles. The average Bonchev–Trinajstić information content (AvgIpc) is 2.66. The van der Waals surface area contributed by atoms with Gasteiger partial charge in [-0.05, 0) is 31.0 Å². The molecule has 4 heteroatoms. The lowest BCUT2D eigenvalue weighted by Crippen LogP contribution is -2.25. The second-order valence-corrected chi connectivity index (χ2v) is 5.92. The highest BCUT2D eigenvalue weighted by Crippen LogP contribution is 2.24. The maximum absolute atomic E-state index is 12.9. The number of amides is 1. The van der Waals surface area contributed by atoms with Gasteiger partial charge in [-0.1, -0.05) is 43.3 Å². The van der Waals surface area contributed by atoms with E-state index in [4.69, 9.17) is 4.74 Å². The zero-order chi connectivity index (χ0) is 17.8. The van der Waals surface area contributed by atoms with Gasteiger partial charge in [0.15, 0.2) is 0 Å². The van der Waals surface area contributed by atoms with E-state index in [1.165, 1.54) is 0 Å². The number of nitrogens with one attached hydrogen (secondary N) is 1. The third kappa shape index (κ3) is 3.33. The molecule has 3 rings (SSSR count). The van der Waals surface area contributed by atoms with Crippen LogP contribution in [0.25, 0.3) is 10.9 Å². The Hall–Kier alpha value is -2.88. The van der Waals surface area contributed by atoms with Gasteiger partial charge in [0.05, 0.1) is 23.9 Å². The van der Waals surface area contributed by atoms with E-state index < -0.39 is 0 Å². The Morgan fingerprint density at radius 2 is 1.84 bits per heavy atom. The normalized spacial score (nSPS) is 10.7. The van der Waals surface area contributed by atoms with Gasteiger partial charge in [-0.3, -0.25) is 9.78 Å². The van der Waals surface area contributed by atoms with E-state index >= 15 is 0 Å². The molecule has 0 saturated carbocycles. The summed E-state index contributed by atoms with van der Waals surface area (Å²) in [6.45, 7) is 4.42.